The average molecular weight is 604 g/mol. The number of thioether (sulfide) groups is 1. The molecule has 224 valence electrons. The molecule has 0 aliphatic carbocycles. The van der Waals surface area contributed by atoms with Crippen LogP contribution in [0.1, 0.15) is 61.2 Å². The number of carboxylic acids is 1. The van der Waals surface area contributed by atoms with E-state index in [-0.39, 0.29) is 37.6 Å². The van der Waals surface area contributed by atoms with Crippen LogP contribution in [0, 0.1) is 0 Å². The maximum absolute atomic E-state index is 12.5. The van der Waals surface area contributed by atoms with Crippen LogP contribution in [0.2, 0.25) is 0 Å². The summed E-state index contributed by atoms with van der Waals surface area (Å²) >= 11 is 1.50. The van der Waals surface area contributed by atoms with E-state index in [1.807, 2.05) is 72.8 Å². The number of carbonyl (C=O) groups is 2. The number of tetrazole rings is 1. The molecule has 0 saturated carbocycles. The Morgan fingerprint density at radius 1 is 0.953 bits per heavy atom. The summed E-state index contributed by atoms with van der Waals surface area (Å²) in [5.41, 5.74) is 4.02. The van der Waals surface area contributed by atoms with E-state index in [9.17, 15) is 14.7 Å². The van der Waals surface area contributed by atoms with Crippen LogP contribution < -0.4 is 5.32 Å². The molecule has 1 fully saturated rings. The molecule has 0 radical (unpaired) electrons. The van der Waals surface area contributed by atoms with Gasteiger partial charge < -0.3 is 25.0 Å². The van der Waals surface area contributed by atoms with E-state index in [4.69, 9.17) is 14.6 Å². The summed E-state index contributed by atoms with van der Waals surface area (Å²) in [6.45, 7) is -0.0367. The molecule has 11 nitrogen and oxygen atoms in total. The summed E-state index contributed by atoms with van der Waals surface area (Å²) < 4.78 is 14.6. The molecule has 12 heteroatoms. The van der Waals surface area contributed by atoms with Gasteiger partial charge in [-0.2, -0.15) is 4.68 Å². The molecular formula is C31H33N5O6S. The van der Waals surface area contributed by atoms with E-state index >= 15 is 0 Å². The summed E-state index contributed by atoms with van der Waals surface area (Å²) in [6, 6.07) is 24.7. The predicted octanol–water partition coefficient (Wildman–Crippen LogP) is 5.08. The lowest BCUT2D eigenvalue weighted by Gasteiger charge is -2.36. The number of benzene rings is 3. The molecule has 0 unspecified atom stereocenters. The monoisotopic (exact) mass is 603 g/mol. The first-order valence-electron chi connectivity index (χ1n) is 14.1. The number of para-hydroxylation sites is 1. The Bertz CT molecular complexity index is 1500. The highest BCUT2D eigenvalue weighted by Crippen LogP contribution is 2.40. The van der Waals surface area contributed by atoms with Crippen LogP contribution in [0.5, 0.6) is 0 Å². The number of aliphatic hydroxyl groups excluding tert-OH is 1. The first kappa shape index (κ1) is 30.4. The van der Waals surface area contributed by atoms with E-state index in [0.717, 1.165) is 22.4 Å². The van der Waals surface area contributed by atoms with Crippen LogP contribution in [0.25, 0.3) is 5.69 Å². The van der Waals surface area contributed by atoms with Crippen molar-refractivity contribution in [3.05, 3.63) is 95.6 Å². The normalized spacial score (nSPS) is 18.3. The summed E-state index contributed by atoms with van der Waals surface area (Å²) in [5, 5.41) is 34.0. The molecule has 0 bridgehead atoms. The van der Waals surface area contributed by atoms with E-state index in [2.05, 4.69) is 20.8 Å². The van der Waals surface area contributed by atoms with Crippen LogP contribution in [-0.4, -0.2) is 54.2 Å². The number of nitrogens with zero attached hydrogens (tertiary/aromatic N) is 4. The molecular weight excluding hydrogens is 570 g/mol. The van der Waals surface area contributed by atoms with Crippen LogP contribution in [-0.2, 0) is 25.7 Å². The maximum atomic E-state index is 12.5. The second kappa shape index (κ2) is 14.9. The van der Waals surface area contributed by atoms with Crippen molar-refractivity contribution >= 4 is 29.3 Å². The molecule has 3 aromatic carbocycles. The van der Waals surface area contributed by atoms with Crippen molar-refractivity contribution in [2.75, 3.05) is 11.1 Å². The minimum atomic E-state index is -0.866. The van der Waals surface area contributed by atoms with E-state index in [1.54, 1.807) is 10.7 Å². The third-order valence-corrected chi connectivity index (χ3v) is 7.99. The number of nitrogens with one attached hydrogen (secondary N) is 1. The van der Waals surface area contributed by atoms with Gasteiger partial charge in [-0.1, -0.05) is 66.4 Å². The van der Waals surface area contributed by atoms with Crippen molar-refractivity contribution in [1.29, 1.82) is 0 Å². The Morgan fingerprint density at radius 2 is 1.74 bits per heavy atom. The molecule has 1 aliphatic rings. The zero-order valence-electron chi connectivity index (χ0n) is 23.4. The number of carboxylic acid groups (broad SMARTS) is 1. The number of aromatic nitrogens is 4. The van der Waals surface area contributed by atoms with Crippen LogP contribution in [0.4, 0.5) is 5.69 Å². The largest absolute Gasteiger partial charge is 0.481 e. The first-order valence-corrected chi connectivity index (χ1v) is 15.1. The Kier molecular flexibility index (Phi) is 10.5. The van der Waals surface area contributed by atoms with E-state index in [0.29, 0.717) is 35.9 Å². The number of aliphatic carboxylic acids is 1. The van der Waals surface area contributed by atoms with Crippen molar-refractivity contribution in [2.45, 2.75) is 62.4 Å². The number of amides is 1. The van der Waals surface area contributed by atoms with Gasteiger partial charge in [-0.05, 0) is 58.7 Å². The second-order valence-corrected chi connectivity index (χ2v) is 11.1. The summed E-state index contributed by atoms with van der Waals surface area (Å²) in [7, 11) is 0. The molecule has 3 atom stereocenters. The van der Waals surface area contributed by atoms with Gasteiger partial charge in [-0.25, -0.2) is 0 Å². The minimum Gasteiger partial charge on any atom is -0.481 e. The van der Waals surface area contributed by atoms with Crippen molar-refractivity contribution in [2.24, 2.45) is 0 Å². The SMILES string of the molecule is O=C(O)CCCCC(=O)Nc1cccc([C@H]2O[C@@H](CSc3nnnn3-c3ccccc3)C[C@@H](c3ccc(CO)cc3)O2)c1. The molecule has 4 aromatic rings. The van der Waals surface area contributed by atoms with Gasteiger partial charge in [0.2, 0.25) is 11.1 Å². The second-order valence-electron chi connectivity index (χ2n) is 10.1. The topological polar surface area (TPSA) is 149 Å². The van der Waals surface area contributed by atoms with Crippen molar-refractivity contribution in [3.63, 3.8) is 0 Å². The fourth-order valence-electron chi connectivity index (χ4n) is 4.74. The molecule has 1 amide bonds. The number of hydrogen-bond donors (Lipinski definition) is 3. The lowest BCUT2D eigenvalue weighted by molar-refractivity contribution is -0.245. The highest BCUT2D eigenvalue weighted by molar-refractivity contribution is 7.99. The van der Waals surface area contributed by atoms with E-state index in [1.165, 1.54) is 11.8 Å². The number of ether oxygens (including phenoxy) is 2. The molecule has 3 N–H and O–H groups in total. The highest BCUT2D eigenvalue weighted by atomic mass is 32.2. The molecule has 0 spiro atoms. The predicted molar refractivity (Wildman–Crippen MR) is 159 cm³/mol. The van der Waals surface area contributed by atoms with Gasteiger partial charge in [0.15, 0.2) is 6.29 Å². The number of hydrogen-bond acceptors (Lipinski definition) is 9. The van der Waals surface area contributed by atoms with Crippen molar-refractivity contribution in [1.82, 2.24) is 20.2 Å². The van der Waals surface area contributed by atoms with Crippen LogP contribution in [0.15, 0.2) is 84.0 Å². The number of rotatable bonds is 13. The number of aliphatic hydroxyl groups is 1. The third kappa shape index (κ3) is 8.48. The molecule has 1 aromatic heterocycles. The Balaban J connectivity index is 1.30. The Morgan fingerprint density at radius 3 is 2.51 bits per heavy atom. The molecule has 1 saturated heterocycles. The average Bonchev–Trinajstić information content (AvgIpc) is 3.51. The van der Waals surface area contributed by atoms with Gasteiger partial charge in [0.25, 0.3) is 0 Å². The molecule has 43 heavy (non-hydrogen) atoms. The Labute approximate surface area is 253 Å². The lowest BCUT2D eigenvalue weighted by atomic mass is 10.0. The molecule has 5 rings (SSSR count). The fraction of sp³-hybridized carbons (Fsp3) is 0.323. The fourth-order valence-corrected chi connectivity index (χ4v) is 5.65. The zero-order chi connectivity index (χ0) is 30.0. The number of carbonyl (C=O) groups excluding carboxylic acids is 1. The van der Waals surface area contributed by atoms with Gasteiger partial charge in [0, 0.05) is 36.3 Å². The van der Waals surface area contributed by atoms with Gasteiger partial charge >= 0.3 is 5.97 Å². The van der Waals surface area contributed by atoms with Gasteiger partial charge in [0.05, 0.1) is 24.5 Å². The van der Waals surface area contributed by atoms with Crippen molar-refractivity contribution in [3.8, 4) is 5.69 Å². The van der Waals surface area contributed by atoms with Gasteiger partial charge in [0.1, 0.15) is 0 Å². The van der Waals surface area contributed by atoms with Crippen LogP contribution >= 0.6 is 11.8 Å². The lowest BCUT2D eigenvalue weighted by Crippen LogP contribution is -2.31. The third-order valence-electron chi connectivity index (χ3n) is 6.94. The standard InChI is InChI=1S/C31H33N5O6S/c37-19-21-13-15-22(16-14-21)27-18-26(20-43-31-33-34-35-36(31)25-9-2-1-3-10-25)41-30(42-27)23-7-6-8-24(17-23)32-28(38)11-4-5-12-29(39)40/h1-3,6-10,13-17,26-27,30,37H,4-5,11-12,18-20H2,(H,32,38)(H,39,40)/t26-,27+,30+/m1/s1. The quantitative estimate of drug-likeness (QED) is 0.140. The van der Waals surface area contributed by atoms with Gasteiger partial charge in [-0.3, -0.25) is 9.59 Å². The van der Waals surface area contributed by atoms with E-state index < -0.39 is 12.3 Å². The van der Waals surface area contributed by atoms with Crippen LogP contribution in [0.3, 0.4) is 0 Å². The number of unbranched alkanes of at least 4 members (excludes halogenated alkanes) is 1. The molecule has 2 heterocycles. The summed E-state index contributed by atoms with van der Waals surface area (Å²) in [4.78, 5) is 23.2. The maximum Gasteiger partial charge on any atom is 0.303 e. The smallest absolute Gasteiger partial charge is 0.303 e. The zero-order valence-corrected chi connectivity index (χ0v) is 24.2. The minimum absolute atomic E-state index is 0.0367. The van der Waals surface area contributed by atoms with Crippen molar-refractivity contribution < 1.29 is 29.3 Å². The summed E-state index contributed by atoms with van der Waals surface area (Å²) in [6.07, 6.45) is 0.654. The molecule has 1 aliphatic heterocycles. The Hall–Kier alpha value is -4.10. The first-order chi connectivity index (χ1) is 21.0. The van der Waals surface area contributed by atoms with Gasteiger partial charge in [-0.15, -0.1) is 5.10 Å². The number of anilines is 1. The summed E-state index contributed by atoms with van der Waals surface area (Å²) in [5.74, 6) is -0.472. The highest BCUT2D eigenvalue weighted by Gasteiger charge is 2.33.